The second-order valence-electron chi connectivity index (χ2n) is 13.9. The van der Waals surface area contributed by atoms with Crippen LogP contribution in [-0.2, 0) is 0 Å². The van der Waals surface area contributed by atoms with Gasteiger partial charge in [-0.25, -0.2) is 9.97 Å². The van der Waals surface area contributed by atoms with E-state index in [4.69, 9.17) is 18.8 Å². The number of para-hydroxylation sites is 3. The van der Waals surface area contributed by atoms with Crippen LogP contribution in [0.2, 0.25) is 0 Å². The third-order valence-corrected chi connectivity index (χ3v) is 10.6. The quantitative estimate of drug-likeness (QED) is 0.171. The zero-order valence-electron chi connectivity index (χ0n) is 30.1. The van der Waals surface area contributed by atoms with Gasteiger partial charge in [0.25, 0.3) is 0 Å². The van der Waals surface area contributed by atoms with Crippen LogP contribution in [0, 0.1) is 0 Å². The largest absolute Gasteiger partial charge is 0.455 e. The van der Waals surface area contributed by atoms with Crippen molar-refractivity contribution in [1.29, 1.82) is 0 Å². The molecule has 11 aromatic rings. The standard InChI is InChI=1S/C51H31N3O2/c1-2-12-33(13-3-1)44-31-45(36-15-10-14-35(30-36)43-20-8-9-29-52-43)54-51(53-44)34-25-23-32(24-26-34)37-27-28-39(48-42-17-5-7-22-47(42)56-50(37)48)41-19-11-18-40-38-16-4-6-21-46(38)55-49(40)41/h1-31H. The van der Waals surface area contributed by atoms with Gasteiger partial charge < -0.3 is 8.83 Å². The van der Waals surface area contributed by atoms with Gasteiger partial charge in [0, 0.05) is 61.1 Å². The van der Waals surface area contributed by atoms with Crippen LogP contribution in [0.1, 0.15) is 0 Å². The van der Waals surface area contributed by atoms with Crippen LogP contribution in [0.25, 0.3) is 111 Å². The average Bonchev–Trinajstić information content (AvgIpc) is 3.86. The molecule has 0 saturated heterocycles. The molecule has 0 amide bonds. The zero-order chi connectivity index (χ0) is 37.0. The lowest BCUT2D eigenvalue weighted by Gasteiger charge is -2.11. The minimum absolute atomic E-state index is 0.652. The minimum atomic E-state index is 0.652. The lowest BCUT2D eigenvalue weighted by Crippen LogP contribution is -1.96. The van der Waals surface area contributed by atoms with Gasteiger partial charge in [0.15, 0.2) is 5.82 Å². The van der Waals surface area contributed by atoms with E-state index in [9.17, 15) is 0 Å². The second-order valence-corrected chi connectivity index (χ2v) is 13.9. The Morgan fingerprint density at radius 1 is 0.339 bits per heavy atom. The summed E-state index contributed by atoms with van der Waals surface area (Å²) in [5, 5.41) is 4.33. The number of pyridine rings is 1. The molecule has 0 aliphatic carbocycles. The lowest BCUT2D eigenvalue weighted by molar-refractivity contribution is 0.669. The van der Waals surface area contributed by atoms with Gasteiger partial charge in [-0.15, -0.1) is 0 Å². The number of hydrogen-bond donors (Lipinski definition) is 0. The summed E-state index contributed by atoms with van der Waals surface area (Å²) in [6.07, 6.45) is 1.82. The number of furan rings is 2. The van der Waals surface area contributed by atoms with Crippen molar-refractivity contribution in [1.82, 2.24) is 15.0 Å². The molecule has 4 aromatic heterocycles. The molecule has 11 rings (SSSR count). The van der Waals surface area contributed by atoms with Crippen LogP contribution in [0.4, 0.5) is 0 Å². The van der Waals surface area contributed by atoms with Crippen molar-refractivity contribution >= 4 is 43.9 Å². The molecule has 0 aliphatic heterocycles. The molecule has 0 spiro atoms. The molecular weight excluding hydrogens is 687 g/mol. The van der Waals surface area contributed by atoms with Crippen molar-refractivity contribution < 1.29 is 8.83 Å². The van der Waals surface area contributed by atoms with Crippen LogP contribution in [0.15, 0.2) is 197 Å². The van der Waals surface area contributed by atoms with E-state index < -0.39 is 0 Å². The van der Waals surface area contributed by atoms with Gasteiger partial charge in [-0.05, 0) is 53.6 Å². The Morgan fingerprint density at radius 2 is 0.946 bits per heavy atom. The molecule has 262 valence electrons. The Hall–Kier alpha value is -7.63. The molecule has 0 radical (unpaired) electrons. The third kappa shape index (κ3) is 5.37. The van der Waals surface area contributed by atoms with Gasteiger partial charge in [-0.2, -0.15) is 0 Å². The normalized spacial score (nSPS) is 11.6. The highest BCUT2D eigenvalue weighted by atomic mass is 16.3. The highest BCUT2D eigenvalue weighted by Crippen LogP contribution is 2.45. The number of nitrogens with zero attached hydrogens (tertiary/aromatic N) is 3. The lowest BCUT2D eigenvalue weighted by atomic mass is 9.93. The summed E-state index contributed by atoms with van der Waals surface area (Å²) in [6, 6.07) is 62.3. The van der Waals surface area contributed by atoms with Crippen LogP contribution in [-0.4, -0.2) is 15.0 Å². The predicted molar refractivity (Wildman–Crippen MR) is 227 cm³/mol. The van der Waals surface area contributed by atoms with E-state index >= 15 is 0 Å². The second kappa shape index (κ2) is 13.0. The molecule has 5 nitrogen and oxygen atoms in total. The first kappa shape index (κ1) is 31.9. The van der Waals surface area contributed by atoms with Crippen LogP contribution >= 0.6 is 0 Å². The predicted octanol–water partition coefficient (Wildman–Crippen LogP) is 13.7. The molecule has 0 fully saturated rings. The van der Waals surface area contributed by atoms with E-state index in [0.29, 0.717) is 5.82 Å². The molecule has 0 unspecified atom stereocenters. The number of benzene rings is 7. The molecule has 0 atom stereocenters. The summed E-state index contributed by atoms with van der Waals surface area (Å²) in [7, 11) is 0. The van der Waals surface area contributed by atoms with Crippen LogP contribution in [0.5, 0.6) is 0 Å². The number of aromatic nitrogens is 3. The first-order valence-electron chi connectivity index (χ1n) is 18.7. The third-order valence-electron chi connectivity index (χ3n) is 10.6. The fourth-order valence-electron chi connectivity index (χ4n) is 7.89. The van der Waals surface area contributed by atoms with E-state index in [-0.39, 0.29) is 0 Å². The summed E-state index contributed by atoms with van der Waals surface area (Å²) in [5.41, 5.74) is 14.2. The van der Waals surface area contributed by atoms with Gasteiger partial charge >= 0.3 is 0 Å². The van der Waals surface area contributed by atoms with Crippen molar-refractivity contribution in [3.05, 3.63) is 188 Å². The molecule has 0 aliphatic rings. The Balaban J connectivity index is 1.03. The van der Waals surface area contributed by atoms with Crippen LogP contribution < -0.4 is 0 Å². The van der Waals surface area contributed by atoms with Gasteiger partial charge in [0.05, 0.1) is 17.1 Å². The van der Waals surface area contributed by atoms with E-state index in [0.717, 1.165) is 105 Å². The Kier molecular flexibility index (Phi) is 7.42. The van der Waals surface area contributed by atoms with Gasteiger partial charge in [-0.1, -0.05) is 140 Å². The SMILES string of the molecule is c1ccc(-c2cc(-c3cccc(-c4ccccn4)c3)nc(-c3ccc(-c4ccc(-c5cccc6c5oc5ccccc56)c5c4oc4ccccc45)cc3)n2)cc1. The monoisotopic (exact) mass is 717 g/mol. The number of fused-ring (bicyclic) bond motifs is 6. The summed E-state index contributed by atoms with van der Waals surface area (Å²) >= 11 is 0. The van der Waals surface area contributed by atoms with E-state index in [1.54, 1.807) is 0 Å². The first-order chi connectivity index (χ1) is 27.7. The highest BCUT2D eigenvalue weighted by Gasteiger charge is 2.21. The molecule has 7 aromatic carbocycles. The summed E-state index contributed by atoms with van der Waals surface area (Å²) in [6.45, 7) is 0. The Labute approximate surface area is 322 Å². The molecular formula is C51H31N3O2. The van der Waals surface area contributed by atoms with Gasteiger partial charge in [0.1, 0.15) is 22.3 Å². The summed E-state index contributed by atoms with van der Waals surface area (Å²) in [4.78, 5) is 14.8. The zero-order valence-corrected chi connectivity index (χ0v) is 30.1. The molecule has 0 N–H and O–H groups in total. The minimum Gasteiger partial charge on any atom is -0.455 e. The van der Waals surface area contributed by atoms with E-state index in [1.807, 2.05) is 66.9 Å². The summed E-state index contributed by atoms with van der Waals surface area (Å²) < 4.78 is 13.2. The van der Waals surface area contributed by atoms with Crippen LogP contribution in [0.3, 0.4) is 0 Å². The Bertz CT molecular complexity index is 3240. The van der Waals surface area contributed by atoms with E-state index in [2.05, 4.69) is 126 Å². The molecule has 4 heterocycles. The number of rotatable bonds is 6. The summed E-state index contributed by atoms with van der Waals surface area (Å²) in [5.74, 6) is 0.652. The van der Waals surface area contributed by atoms with Crippen molar-refractivity contribution in [3.63, 3.8) is 0 Å². The van der Waals surface area contributed by atoms with Crippen molar-refractivity contribution in [3.8, 4) is 67.4 Å². The van der Waals surface area contributed by atoms with E-state index in [1.165, 1.54) is 0 Å². The fourth-order valence-corrected chi connectivity index (χ4v) is 7.89. The van der Waals surface area contributed by atoms with Crippen molar-refractivity contribution in [2.45, 2.75) is 0 Å². The van der Waals surface area contributed by atoms with Crippen molar-refractivity contribution in [2.24, 2.45) is 0 Å². The maximum Gasteiger partial charge on any atom is 0.160 e. The molecule has 0 bridgehead atoms. The maximum absolute atomic E-state index is 6.70. The topological polar surface area (TPSA) is 65.0 Å². The Morgan fingerprint density at radius 3 is 1.75 bits per heavy atom. The molecule has 56 heavy (non-hydrogen) atoms. The molecule has 0 saturated carbocycles. The maximum atomic E-state index is 6.70. The van der Waals surface area contributed by atoms with Gasteiger partial charge in [0.2, 0.25) is 0 Å². The van der Waals surface area contributed by atoms with Crippen molar-refractivity contribution in [2.75, 3.05) is 0 Å². The average molecular weight is 718 g/mol. The first-order valence-corrected chi connectivity index (χ1v) is 18.7. The van der Waals surface area contributed by atoms with Gasteiger partial charge in [-0.3, -0.25) is 4.98 Å². The molecule has 5 heteroatoms. The highest BCUT2D eigenvalue weighted by molar-refractivity contribution is 6.19. The number of hydrogen-bond acceptors (Lipinski definition) is 5. The smallest absolute Gasteiger partial charge is 0.160 e. The fraction of sp³-hybridized carbons (Fsp3) is 0.